The molecule has 1 saturated heterocycles. The van der Waals surface area contributed by atoms with Crippen molar-refractivity contribution in [3.8, 4) is 0 Å². The topological polar surface area (TPSA) is 159 Å². The van der Waals surface area contributed by atoms with Crippen LogP contribution in [0.25, 0.3) is 0 Å². The Hall–Kier alpha value is -4.09. The van der Waals surface area contributed by atoms with Gasteiger partial charge < -0.3 is 25.2 Å². The lowest BCUT2D eigenvalue weighted by Gasteiger charge is -2.38. The number of likely N-dealkylation sites (tertiary alicyclic amines) is 1. The number of ether oxygens (including phenoxy) is 1. The monoisotopic (exact) mass is 722 g/mol. The van der Waals surface area contributed by atoms with Gasteiger partial charge in [-0.15, -0.1) is 0 Å². The standard InChI is InChI=1S/C40H58N4O8/c1-38(2,3)34(42-37(51)52-39(4,5)6)36(50)44-22-26-30(40(26,7)8)32(44)28(46)21-25(20-23-16-17-23)33(48)27(45)18-19-29(47)41-31(35(49)43(9)10)24-14-12-11-13-15-24/h11-15,23,25-26,30-32,34H,16-22H2,1-10H3,(H,41,47)(H,42,51)/t25?,26-,30-,31-,32+,34+/m0/s1. The van der Waals surface area contributed by atoms with Gasteiger partial charge in [-0.2, -0.15) is 0 Å². The Balaban J connectivity index is 1.46. The molecule has 1 unspecified atom stereocenters. The lowest BCUT2D eigenvalue weighted by molar-refractivity contribution is -0.145. The molecule has 12 heteroatoms. The second-order valence-electron chi connectivity index (χ2n) is 17.8. The molecule has 52 heavy (non-hydrogen) atoms. The first kappa shape index (κ1) is 40.7. The van der Waals surface area contributed by atoms with Gasteiger partial charge in [0.2, 0.25) is 23.5 Å². The summed E-state index contributed by atoms with van der Waals surface area (Å²) in [6, 6.07) is 6.07. The summed E-state index contributed by atoms with van der Waals surface area (Å²) in [6.45, 7) is 15.2. The SMILES string of the molecule is CN(C)C(=O)[C@@H](NC(=O)CCC(=O)C(=O)C(CC(=O)[C@@H]1[C@@H]2[C@H](CN1C(=O)[C@@H](NC(=O)OC(C)(C)C)C(C)(C)C)C2(C)C)CC1CC1)c1ccccc1. The number of amides is 4. The van der Waals surface area contributed by atoms with E-state index >= 15 is 0 Å². The van der Waals surface area contributed by atoms with E-state index in [0.717, 1.165) is 12.8 Å². The van der Waals surface area contributed by atoms with Gasteiger partial charge in [-0.3, -0.25) is 28.8 Å². The fourth-order valence-electron chi connectivity index (χ4n) is 7.53. The van der Waals surface area contributed by atoms with Crippen LogP contribution in [0.3, 0.4) is 0 Å². The minimum atomic E-state index is -0.968. The third kappa shape index (κ3) is 9.86. The van der Waals surface area contributed by atoms with Crippen LogP contribution in [0.15, 0.2) is 30.3 Å². The number of alkyl carbamates (subject to hydrolysis) is 1. The molecule has 2 aliphatic carbocycles. The number of nitrogens with one attached hydrogen (secondary N) is 2. The van der Waals surface area contributed by atoms with Crippen LogP contribution in [-0.4, -0.2) is 89.3 Å². The van der Waals surface area contributed by atoms with Gasteiger partial charge in [0.1, 0.15) is 17.7 Å². The summed E-state index contributed by atoms with van der Waals surface area (Å²) in [7, 11) is 3.17. The Bertz CT molecular complexity index is 1550. The van der Waals surface area contributed by atoms with E-state index < -0.39 is 58.6 Å². The van der Waals surface area contributed by atoms with Gasteiger partial charge in [0, 0.05) is 45.8 Å². The summed E-state index contributed by atoms with van der Waals surface area (Å²) < 4.78 is 5.45. The van der Waals surface area contributed by atoms with Gasteiger partial charge >= 0.3 is 6.09 Å². The van der Waals surface area contributed by atoms with Gasteiger partial charge in [-0.1, -0.05) is 77.8 Å². The Morgan fingerprint density at radius 2 is 1.54 bits per heavy atom. The normalized spacial score (nSPS) is 22.3. The molecule has 3 aliphatic rings. The highest BCUT2D eigenvalue weighted by molar-refractivity contribution is 6.38. The number of fused-ring (bicyclic) bond motifs is 1. The van der Waals surface area contributed by atoms with E-state index in [1.165, 1.54) is 4.90 Å². The molecule has 1 aromatic carbocycles. The van der Waals surface area contributed by atoms with Crippen molar-refractivity contribution < 1.29 is 38.3 Å². The molecule has 1 heterocycles. The van der Waals surface area contributed by atoms with Crippen molar-refractivity contribution in [2.45, 2.75) is 118 Å². The predicted molar refractivity (Wildman–Crippen MR) is 195 cm³/mol. The van der Waals surface area contributed by atoms with Crippen molar-refractivity contribution in [3.05, 3.63) is 35.9 Å². The van der Waals surface area contributed by atoms with E-state index in [2.05, 4.69) is 24.5 Å². The zero-order chi connectivity index (χ0) is 38.9. The van der Waals surface area contributed by atoms with Crippen molar-refractivity contribution in [1.82, 2.24) is 20.4 Å². The lowest BCUT2D eigenvalue weighted by atomic mass is 9.83. The van der Waals surface area contributed by atoms with Crippen LogP contribution in [-0.2, 0) is 33.5 Å². The van der Waals surface area contributed by atoms with Crippen LogP contribution in [0, 0.1) is 34.5 Å². The van der Waals surface area contributed by atoms with Gasteiger partial charge in [-0.05, 0) is 61.3 Å². The molecule has 6 atom stereocenters. The molecule has 4 amide bonds. The second kappa shape index (κ2) is 15.5. The molecule has 1 aromatic rings. The molecule has 0 bridgehead atoms. The van der Waals surface area contributed by atoms with Crippen molar-refractivity contribution in [2.75, 3.05) is 20.6 Å². The Morgan fingerprint density at radius 1 is 0.923 bits per heavy atom. The summed E-state index contributed by atoms with van der Waals surface area (Å²) in [6.07, 6.45) is 0.645. The summed E-state index contributed by atoms with van der Waals surface area (Å²) in [4.78, 5) is 97.1. The molecule has 0 aromatic heterocycles. The number of nitrogens with zero attached hydrogens (tertiary/aromatic N) is 2. The van der Waals surface area contributed by atoms with Crippen LogP contribution in [0.5, 0.6) is 0 Å². The van der Waals surface area contributed by atoms with Crippen LogP contribution < -0.4 is 10.6 Å². The van der Waals surface area contributed by atoms with E-state index in [4.69, 9.17) is 4.74 Å². The number of hydrogen-bond donors (Lipinski definition) is 2. The maximum absolute atomic E-state index is 14.3. The molecular weight excluding hydrogens is 664 g/mol. The molecule has 2 saturated carbocycles. The summed E-state index contributed by atoms with van der Waals surface area (Å²) >= 11 is 0. The molecule has 3 fully saturated rings. The zero-order valence-electron chi connectivity index (χ0n) is 32.5. The van der Waals surface area contributed by atoms with Crippen LogP contribution in [0.2, 0.25) is 0 Å². The zero-order valence-corrected chi connectivity index (χ0v) is 32.5. The minimum absolute atomic E-state index is 0.0874. The molecule has 0 radical (unpaired) electrons. The number of Topliss-reactive ketones (excluding diaryl/α,β-unsaturated/α-hetero) is 3. The van der Waals surface area contributed by atoms with E-state index in [1.54, 1.807) is 70.1 Å². The molecular formula is C40H58N4O8. The first-order valence-corrected chi connectivity index (χ1v) is 18.5. The summed E-state index contributed by atoms with van der Waals surface area (Å²) in [5.41, 5.74) is -1.06. The van der Waals surface area contributed by atoms with E-state index in [-0.39, 0.29) is 60.0 Å². The fourth-order valence-corrected chi connectivity index (χ4v) is 7.53. The van der Waals surface area contributed by atoms with Gasteiger partial charge in [-0.25, -0.2) is 4.79 Å². The number of piperidine rings is 1. The van der Waals surface area contributed by atoms with Crippen molar-refractivity contribution in [2.24, 2.45) is 34.5 Å². The Kier molecular flexibility index (Phi) is 12.1. The number of carbonyl (C=O) groups excluding carboxylic acids is 7. The average Bonchev–Trinajstić information content (AvgIpc) is 3.90. The maximum Gasteiger partial charge on any atom is 0.408 e. The molecule has 2 N–H and O–H groups in total. The van der Waals surface area contributed by atoms with Crippen LogP contribution >= 0.6 is 0 Å². The van der Waals surface area contributed by atoms with Gasteiger partial charge in [0.05, 0.1) is 6.04 Å². The number of benzene rings is 1. The van der Waals surface area contributed by atoms with Crippen LogP contribution in [0.1, 0.15) is 106 Å². The maximum atomic E-state index is 14.3. The largest absolute Gasteiger partial charge is 0.444 e. The number of ketones is 3. The highest BCUT2D eigenvalue weighted by atomic mass is 16.6. The molecule has 1 aliphatic heterocycles. The highest BCUT2D eigenvalue weighted by Gasteiger charge is 2.69. The highest BCUT2D eigenvalue weighted by Crippen LogP contribution is 2.65. The number of hydrogen-bond acceptors (Lipinski definition) is 8. The molecule has 0 spiro atoms. The van der Waals surface area contributed by atoms with Crippen molar-refractivity contribution >= 4 is 41.2 Å². The first-order chi connectivity index (χ1) is 24.0. The molecule has 4 rings (SSSR count). The number of likely N-dealkylation sites (N-methyl/N-ethyl adjacent to an activating group) is 1. The first-order valence-electron chi connectivity index (χ1n) is 18.5. The van der Waals surface area contributed by atoms with E-state index in [1.807, 2.05) is 20.8 Å². The quantitative estimate of drug-likeness (QED) is 0.248. The Labute approximate surface area is 308 Å². The smallest absolute Gasteiger partial charge is 0.408 e. The molecule has 12 nitrogen and oxygen atoms in total. The fraction of sp³-hybridized carbons (Fsp3) is 0.675. The predicted octanol–water partition coefficient (Wildman–Crippen LogP) is 4.65. The third-order valence-corrected chi connectivity index (χ3v) is 10.7. The number of carbonyl (C=O) groups is 7. The lowest BCUT2D eigenvalue weighted by Crippen LogP contribution is -2.58. The third-order valence-electron chi connectivity index (χ3n) is 10.7. The summed E-state index contributed by atoms with van der Waals surface area (Å²) in [5.74, 6) is -3.59. The van der Waals surface area contributed by atoms with Gasteiger partial charge in [0.15, 0.2) is 11.6 Å². The Morgan fingerprint density at radius 3 is 2.08 bits per heavy atom. The van der Waals surface area contributed by atoms with Crippen LogP contribution in [0.4, 0.5) is 4.79 Å². The van der Waals surface area contributed by atoms with E-state index in [0.29, 0.717) is 18.5 Å². The van der Waals surface area contributed by atoms with Crippen molar-refractivity contribution in [3.63, 3.8) is 0 Å². The average molecular weight is 723 g/mol. The van der Waals surface area contributed by atoms with E-state index in [9.17, 15) is 33.6 Å². The van der Waals surface area contributed by atoms with Gasteiger partial charge in [0.25, 0.3) is 0 Å². The number of rotatable bonds is 15. The van der Waals surface area contributed by atoms with Crippen molar-refractivity contribution in [1.29, 1.82) is 0 Å². The second-order valence-corrected chi connectivity index (χ2v) is 17.8. The minimum Gasteiger partial charge on any atom is -0.444 e. The summed E-state index contributed by atoms with van der Waals surface area (Å²) in [5, 5.41) is 5.45. The molecule has 286 valence electrons.